The monoisotopic (exact) mass is 295 g/mol. The van der Waals surface area contributed by atoms with Crippen molar-refractivity contribution in [3.63, 3.8) is 0 Å². The van der Waals surface area contributed by atoms with E-state index in [1.165, 1.54) is 51.4 Å². The Labute approximate surface area is 130 Å². The van der Waals surface area contributed by atoms with E-state index in [1.54, 1.807) is 0 Å². The molecule has 0 aromatic rings. The van der Waals surface area contributed by atoms with Gasteiger partial charge in [-0.3, -0.25) is 4.79 Å². The molecule has 0 aromatic carbocycles. The van der Waals surface area contributed by atoms with Crippen LogP contribution in [0.4, 0.5) is 0 Å². The molecule has 2 atom stereocenters. The molecule has 1 amide bonds. The first-order valence-electron chi connectivity index (χ1n) is 8.69. The summed E-state index contributed by atoms with van der Waals surface area (Å²) in [5, 5.41) is 6.57. The van der Waals surface area contributed by atoms with E-state index in [-0.39, 0.29) is 11.4 Å². The Hall–Kier alpha value is -0.610. The Morgan fingerprint density at radius 3 is 2.52 bits per heavy atom. The van der Waals surface area contributed by atoms with E-state index in [1.807, 2.05) is 0 Å². The van der Waals surface area contributed by atoms with Crippen molar-refractivity contribution in [1.29, 1.82) is 0 Å². The second-order valence-corrected chi connectivity index (χ2v) is 7.46. The number of nitrogens with one attached hydrogen (secondary N) is 2. The molecule has 21 heavy (non-hydrogen) atoms. The Kier molecular flexibility index (Phi) is 6.06. The van der Waals surface area contributed by atoms with Crippen LogP contribution < -0.4 is 10.6 Å². The first-order valence-corrected chi connectivity index (χ1v) is 8.69. The molecule has 4 nitrogen and oxygen atoms in total. The zero-order chi connectivity index (χ0) is 15.3. The van der Waals surface area contributed by atoms with E-state index < -0.39 is 0 Å². The zero-order valence-corrected chi connectivity index (χ0v) is 14.1. The molecular weight excluding hydrogens is 262 g/mol. The van der Waals surface area contributed by atoms with Gasteiger partial charge in [0.2, 0.25) is 5.91 Å². The fourth-order valence-corrected chi connectivity index (χ4v) is 4.05. The lowest BCUT2D eigenvalue weighted by Gasteiger charge is -2.45. The molecular formula is C17H33N3O. The maximum absolute atomic E-state index is 12.1. The van der Waals surface area contributed by atoms with Gasteiger partial charge >= 0.3 is 0 Å². The minimum Gasteiger partial charge on any atom is -0.353 e. The number of hydrogen-bond acceptors (Lipinski definition) is 3. The minimum atomic E-state index is 0.153. The van der Waals surface area contributed by atoms with Crippen molar-refractivity contribution >= 4 is 5.91 Å². The molecule has 0 aliphatic heterocycles. The Morgan fingerprint density at radius 2 is 1.90 bits per heavy atom. The molecule has 0 heterocycles. The number of amides is 1. The fourth-order valence-electron chi connectivity index (χ4n) is 4.05. The van der Waals surface area contributed by atoms with Gasteiger partial charge in [0.15, 0.2) is 0 Å². The van der Waals surface area contributed by atoms with E-state index in [0.29, 0.717) is 12.6 Å². The third-order valence-electron chi connectivity index (χ3n) is 5.54. The van der Waals surface area contributed by atoms with Crippen LogP contribution in [-0.2, 0) is 4.79 Å². The molecule has 122 valence electrons. The SMILES string of the molecule is CC1CCCC(CNC(=O)CNC2CCCC2)(N(C)C)C1. The Bertz CT molecular complexity index is 339. The molecule has 2 fully saturated rings. The van der Waals surface area contributed by atoms with Crippen LogP contribution in [0.2, 0.25) is 0 Å². The molecule has 4 heteroatoms. The normalized spacial score (nSPS) is 30.8. The average molecular weight is 295 g/mol. The van der Waals surface area contributed by atoms with Gasteiger partial charge in [0, 0.05) is 18.1 Å². The minimum absolute atomic E-state index is 0.153. The molecule has 2 aliphatic carbocycles. The highest BCUT2D eigenvalue weighted by molar-refractivity contribution is 5.78. The second kappa shape index (κ2) is 7.59. The molecule has 0 spiro atoms. The van der Waals surface area contributed by atoms with E-state index in [9.17, 15) is 4.79 Å². The molecule has 0 bridgehead atoms. The number of carbonyl (C=O) groups excluding carboxylic acids is 1. The highest BCUT2D eigenvalue weighted by atomic mass is 16.1. The predicted octanol–water partition coefficient (Wildman–Crippen LogP) is 2.15. The van der Waals surface area contributed by atoms with Crippen LogP contribution >= 0.6 is 0 Å². The number of hydrogen-bond donors (Lipinski definition) is 2. The van der Waals surface area contributed by atoms with Crippen LogP contribution in [0.15, 0.2) is 0 Å². The predicted molar refractivity (Wildman–Crippen MR) is 87.3 cm³/mol. The average Bonchev–Trinajstić information content (AvgIpc) is 2.96. The van der Waals surface area contributed by atoms with Gasteiger partial charge in [-0.25, -0.2) is 0 Å². The maximum atomic E-state index is 12.1. The van der Waals surface area contributed by atoms with Crippen molar-refractivity contribution in [3.8, 4) is 0 Å². The summed E-state index contributed by atoms with van der Waals surface area (Å²) in [6.07, 6.45) is 10.1. The van der Waals surface area contributed by atoms with Crippen LogP contribution in [0.25, 0.3) is 0 Å². The third-order valence-corrected chi connectivity index (χ3v) is 5.54. The van der Waals surface area contributed by atoms with Crippen LogP contribution in [-0.4, -0.2) is 49.6 Å². The topological polar surface area (TPSA) is 44.4 Å². The molecule has 2 N–H and O–H groups in total. The Morgan fingerprint density at radius 1 is 1.19 bits per heavy atom. The standard InChI is InChI=1S/C17H33N3O/c1-14-7-6-10-17(11-14,20(2)3)13-19-16(21)12-18-15-8-4-5-9-15/h14-15,18H,4-13H2,1-3H3,(H,19,21). The molecule has 2 aliphatic rings. The largest absolute Gasteiger partial charge is 0.353 e. The van der Waals surface area contributed by atoms with Crippen molar-refractivity contribution in [1.82, 2.24) is 15.5 Å². The van der Waals surface area contributed by atoms with Gasteiger partial charge in [-0.2, -0.15) is 0 Å². The van der Waals surface area contributed by atoms with Crippen molar-refractivity contribution in [2.45, 2.75) is 69.9 Å². The van der Waals surface area contributed by atoms with Gasteiger partial charge in [-0.15, -0.1) is 0 Å². The van der Waals surface area contributed by atoms with E-state index in [4.69, 9.17) is 0 Å². The summed E-state index contributed by atoms with van der Waals surface area (Å²) in [5.74, 6) is 0.913. The van der Waals surface area contributed by atoms with Gasteiger partial charge in [0.1, 0.15) is 0 Å². The maximum Gasteiger partial charge on any atom is 0.234 e. The summed E-state index contributed by atoms with van der Waals surface area (Å²) in [6, 6.07) is 0.563. The summed E-state index contributed by atoms with van der Waals surface area (Å²) >= 11 is 0. The van der Waals surface area contributed by atoms with E-state index in [2.05, 4.69) is 36.6 Å². The molecule has 0 aromatic heterocycles. The van der Waals surface area contributed by atoms with Crippen LogP contribution in [0.3, 0.4) is 0 Å². The quantitative estimate of drug-likeness (QED) is 0.789. The summed E-state index contributed by atoms with van der Waals surface area (Å²) in [6.45, 7) is 3.60. The van der Waals surface area contributed by atoms with Crippen molar-refractivity contribution in [2.24, 2.45) is 5.92 Å². The van der Waals surface area contributed by atoms with Crippen LogP contribution in [0.5, 0.6) is 0 Å². The van der Waals surface area contributed by atoms with Gasteiger partial charge in [0.05, 0.1) is 6.54 Å². The van der Waals surface area contributed by atoms with Crippen LogP contribution in [0, 0.1) is 5.92 Å². The lowest BCUT2D eigenvalue weighted by atomic mass is 9.75. The van der Waals surface area contributed by atoms with E-state index in [0.717, 1.165) is 12.5 Å². The molecule has 0 saturated heterocycles. The summed E-state index contributed by atoms with van der Waals surface area (Å²) < 4.78 is 0. The number of rotatable bonds is 6. The summed E-state index contributed by atoms with van der Waals surface area (Å²) in [7, 11) is 4.31. The smallest absolute Gasteiger partial charge is 0.234 e. The summed E-state index contributed by atoms with van der Waals surface area (Å²) in [5.41, 5.74) is 0.153. The van der Waals surface area contributed by atoms with Gasteiger partial charge in [0.25, 0.3) is 0 Å². The lowest BCUT2D eigenvalue weighted by Crippen LogP contribution is -2.55. The second-order valence-electron chi connectivity index (χ2n) is 7.46. The first kappa shape index (κ1) is 16.8. The van der Waals surface area contributed by atoms with Gasteiger partial charge in [-0.1, -0.05) is 32.6 Å². The molecule has 0 radical (unpaired) electrons. The molecule has 2 unspecified atom stereocenters. The molecule has 2 saturated carbocycles. The van der Waals surface area contributed by atoms with Crippen LogP contribution in [0.1, 0.15) is 58.3 Å². The number of likely N-dealkylation sites (N-methyl/N-ethyl adjacent to an activating group) is 1. The number of carbonyl (C=O) groups is 1. The lowest BCUT2D eigenvalue weighted by molar-refractivity contribution is -0.121. The summed E-state index contributed by atoms with van der Waals surface area (Å²) in [4.78, 5) is 14.4. The zero-order valence-electron chi connectivity index (χ0n) is 14.1. The Balaban J connectivity index is 1.76. The molecule has 2 rings (SSSR count). The number of nitrogens with zero attached hydrogens (tertiary/aromatic N) is 1. The van der Waals surface area contributed by atoms with Gasteiger partial charge in [-0.05, 0) is 45.7 Å². The van der Waals surface area contributed by atoms with E-state index >= 15 is 0 Å². The first-order chi connectivity index (χ1) is 10.0. The van der Waals surface area contributed by atoms with Crippen molar-refractivity contribution in [2.75, 3.05) is 27.2 Å². The van der Waals surface area contributed by atoms with Gasteiger partial charge < -0.3 is 15.5 Å². The van der Waals surface area contributed by atoms with Crippen molar-refractivity contribution < 1.29 is 4.79 Å². The van der Waals surface area contributed by atoms with Crippen molar-refractivity contribution in [3.05, 3.63) is 0 Å². The highest BCUT2D eigenvalue weighted by Gasteiger charge is 2.37. The highest BCUT2D eigenvalue weighted by Crippen LogP contribution is 2.35. The fraction of sp³-hybridized carbons (Fsp3) is 0.941. The third kappa shape index (κ3) is 4.68.